The van der Waals surface area contributed by atoms with Gasteiger partial charge in [-0.25, -0.2) is 4.98 Å². The highest BCUT2D eigenvalue weighted by Crippen LogP contribution is 2.21. The highest BCUT2D eigenvalue weighted by molar-refractivity contribution is 5.64. The van der Waals surface area contributed by atoms with Crippen LogP contribution in [0.3, 0.4) is 0 Å². The van der Waals surface area contributed by atoms with E-state index in [1.807, 2.05) is 24.3 Å². The fourth-order valence-corrected chi connectivity index (χ4v) is 2.25. The summed E-state index contributed by atoms with van der Waals surface area (Å²) in [4.78, 5) is 11.4. The van der Waals surface area contributed by atoms with Gasteiger partial charge in [0, 0.05) is 24.2 Å². The van der Waals surface area contributed by atoms with E-state index in [9.17, 15) is 0 Å². The molecule has 2 N–H and O–H groups in total. The predicted octanol–water partition coefficient (Wildman–Crippen LogP) is 3.33. The van der Waals surface area contributed by atoms with E-state index in [1.54, 1.807) is 0 Å². The Balaban J connectivity index is 2.16. The molecule has 0 aliphatic rings. The van der Waals surface area contributed by atoms with Crippen molar-refractivity contribution < 1.29 is 0 Å². The van der Waals surface area contributed by atoms with Crippen molar-refractivity contribution in [3.63, 3.8) is 0 Å². The molecule has 0 aliphatic carbocycles. The van der Waals surface area contributed by atoms with Crippen LogP contribution in [0.1, 0.15) is 20.3 Å². The molecule has 0 amide bonds. The number of anilines is 2. The van der Waals surface area contributed by atoms with Crippen LogP contribution in [0.25, 0.3) is 11.3 Å². The van der Waals surface area contributed by atoms with Crippen LogP contribution >= 0.6 is 0 Å². The summed E-state index contributed by atoms with van der Waals surface area (Å²) in [5, 5.41) is 6.70. The Hall–Kier alpha value is -2.14. The van der Waals surface area contributed by atoms with Crippen molar-refractivity contribution in [1.29, 1.82) is 0 Å². The lowest BCUT2D eigenvalue weighted by Crippen LogP contribution is -2.17. The summed E-state index contributed by atoms with van der Waals surface area (Å²) in [6.07, 6.45) is 1.05. The molecule has 0 unspecified atom stereocenters. The lowest BCUT2D eigenvalue weighted by atomic mass is 10.1. The van der Waals surface area contributed by atoms with Crippen LogP contribution in [0.5, 0.6) is 0 Å². The highest BCUT2D eigenvalue weighted by Gasteiger charge is 2.07. The Labute approximate surface area is 139 Å². The first-order chi connectivity index (χ1) is 11.0. The minimum atomic E-state index is 0.329. The fourth-order valence-electron chi connectivity index (χ4n) is 2.25. The van der Waals surface area contributed by atoms with Gasteiger partial charge < -0.3 is 15.5 Å². The average Bonchev–Trinajstić information content (AvgIpc) is 2.51. The summed E-state index contributed by atoms with van der Waals surface area (Å²) >= 11 is 0. The third-order valence-corrected chi connectivity index (χ3v) is 3.30. The van der Waals surface area contributed by atoms with E-state index in [4.69, 9.17) is 0 Å². The lowest BCUT2D eigenvalue weighted by Gasteiger charge is -2.14. The third-order valence-electron chi connectivity index (χ3n) is 3.30. The van der Waals surface area contributed by atoms with Gasteiger partial charge in [-0.2, -0.15) is 4.98 Å². The van der Waals surface area contributed by atoms with Gasteiger partial charge in [0.1, 0.15) is 5.82 Å². The first kappa shape index (κ1) is 17.2. The van der Waals surface area contributed by atoms with Crippen LogP contribution in [0.4, 0.5) is 11.8 Å². The first-order valence-corrected chi connectivity index (χ1v) is 8.14. The normalized spacial score (nSPS) is 11.0. The standard InChI is InChI=1S/C18H27N5/c1-14(2)20-17-13-16(15-9-6-5-7-10-15)21-18(22-17)19-11-8-12-23(3)4/h5-7,9-10,13-14H,8,11-12H2,1-4H3,(H2,19,20,21,22). The van der Waals surface area contributed by atoms with Gasteiger partial charge in [0.2, 0.25) is 5.95 Å². The zero-order valence-electron chi connectivity index (χ0n) is 14.5. The Bertz CT molecular complexity index is 596. The second-order valence-corrected chi connectivity index (χ2v) is 6.21. The number of nitrogens with one attached hydrogen (secondary N) is 2. The average molecular weight is 313 g/mol. The van der Waals surface area contributed by atoms with Crippen molar-refractivity contribution in [2.24, 2.45) is 0 Å². The summed E-state index contributed by atoms with van der Waals surface area (Å²) in [7, 11) is 4.16. The molecule has 1 aromatic heterocycles. The van der Waals surface area contributed by atoms with E-state index in [0.717, 1.165) is 36.6 Å². The molecule has 0 fully saturated rings. The van der Waals surface area contributed by atoms with Gasteiger partial charge in [-0.1, -0.05) is 30.3 Å². The molecule has 124 valence electrons. The Morgan fingerprint density at radius 2 is 1.83 bits per heavy atom. The summed E-state index contributed by atoms with van der Waals surface area (Å²) in [6.45, 7) is 6.11. The van der Waals surface area contributed by atoms with E-state index in [2.05, 4.69) is 65.6 Å². The SMILES string of the molecule is CC(C)Nc1cc(-c2ccccc2)nc(NCCCN(C)C)n1. The van der Waals surface area contributed by atoms with E-state index in [-0.39, 0.29) is 0 Å². The molecule has 5 nitrogen and oxygen atoms in total. The largest absolute Gasteiger partial charge is 0.368 e. The molecule has 0 saturated carbocycles. The van der Waals surface area contributed by atoms with Gasteiger partial charge in [-0.3, -0.25) is 0 Å². The van der Waals surface area contributed by atoms with E-state index < -0.39 is 0 Å². The number of hydrogen-bond acceptors (Lipinski definition) is 5. The van der Waals surface area contributed by atoms with E-state index in [0.29, 0.717) is 12.0 Å². The minimum absolute atomic E-state index is 0.329. The van der Waals surface area contributed by atoms with Crippen LogP contribution in [-0.4, -0.2) is 48.1 Å². The second-order valence-electron chi connectivity index (χ2n) is 6.21. The van der Waals surface area contributed by atoms with Crippen molar-refractivity contribution in [3.05, 3.63) is 36.4 Å². The Kier molecular flexibility index (Phi) is 6.35. The Morgan fingerprint density at radius 1 is 1.09 bits per heavy atom. The quantitative estimate of drug-likeness (QED) is 0.732. The van der Waals surface area contributed by atoms with Crippen molar-refractivity contribution in [1.82, 2.24) is 14.9 Å². The smallest absolute Gasteiger partial charge is 0.225 e. The maximum Gasteiger partial charge on any atom is 0.225 e. The highest BCUT2D eigenvalue weighted by atomic mass is 15.1. The van der Waals surface area contributed by atoms with Crippen molar-refractivity contribution in [3.8, 4) is 11.3 Å². The number of nitrogens with zero attached hydrogens (tertiary/aromatic N) is 3. The van der Waals surface area contributed by atoms with Crippen molar-refractivity contribution in [2.75, 3.05) is 37.8 Å². The van der Waals surface area contributed by atoms with Gasteiger partial charge in [0.05, 0.1) is 5.69 Å². The molecule has 1 heterocycles. The molecule has 0 radical (unpaired) electrons. The van der Waals surface area contributed by atoms with Crippen LogP contribution in [-0.2, 0) is 0 Å². The van der Waals surface area contributed by atoms with Gasteiger partial charge in [-0.05, 0) is 40.9 Å². The molecule has 1 aromatic carbocycles. The molecular weight excluding hydrogens is 286 g/mol. The van der Waals surface area contributed by atoms with E-state index in [1.165, 1.54) is 0 Å². The first-order valence-electron chi connectivity index (χ1n) is 8.14. The number of aromatic nitrogens is 2. The topological polar surface area (TPSA) is 53.1 Å². The van der Waals surface area contributed by atoms with Gasteiger partial charge >= 0.3 is 0 Å². The summed E-state index contributed by atoms with van der Waals surface area (Å²) < 4.78 is 0. The van der Waals surface area contributed by atoms with Crippen LogP contribution < -0.4 is 10.6 Å². The fraction of sp³-hybridized carbons (Fsp3) is 0.444. The Morgan fingerprint density at radius 3 is 2.48 bits per heavy atom. The summed E-state index contributed by atoms with van der Waals surface area (Å²) in [5.41, 5.74) is 2.02. The van der Waals surface area contributed by atoms with Crippen molar-refractivity contribution >= 4 is 11.8 Å². The minimum Gasteiger partial charge on any atom is -0.368 e. The molecule has 0 spiro atoms. The molecule has 2 rings (SSSR count). The maximum atomic E-state index is 4.65. The van der Waals surface area contributed by atoms with Gasteiger partial charge in [0.25, 0.3) is 0 Å². The molecule has 0 saturated heterocycles. The van der Waals surface area contributed by atoms with Crippen LogP contribution in [0, 0.1) is 0 Å². The molecule has 2 aromatic rings. The summed E-state index contributed by atoms with van der Waals surface area (Å²) in [5.74, 6) is 1.53. The molecule has 23 heavy (non-hydrogen) atoms. The van der Waals surface area contributed by atoms with Crippen LogP contribution in [0.2, 0.25) is 0 Å². The number of hydrogen-bond donors (Lipinski definition) is 2. The van der Waals surface area contributed by atoms with Crippen LogP contribution in [0.15, 0.2) is 36.4 Å². The zero-order valence-corrected chi connectivity index (χ0v) is 14.5. The molecule has 5 heteroatoms. The number of benzene rings is 1. The van der Waals surface area contributed by atoms with Gasteiger partial charge in [0.15, 0.2) is 0 Å². The molecular formula is C18H27N5. The third kappa shape index (κ3) is 5.87. The second kappa shape index (κ2) is 8.48. The molecule has 0 atom stereocenters. The monoisotopic (exact) mass is 313 g/mol. The van der Waals surface area contributed by atoms with E-state index >= 15 is 0 Å². The molecule has 0 bridgehead atoms. The van der Waals surface area contributed by atoms with Gasteiger partial charge in [-0.15, -0.1) is 0 Å². The zero-order chi connectivity index (χ0) is 16.7. The number of rotatable bonds is 8. The van der Waals surface area contributed by atoms with Crippen molar-refractivity contribution in [2.45, 2.75) is 26.3 Å². The lowest BCUT2D eigenvalue weighted by molar-refractivity contribution is 0.405. The predicted molar refractivity (Wildman–Crippen MR) is 97.9 cm³/mol. The maximum absolute atomic E-state index is 4.65. The molecule has 0 aliphatic heterocycles. The summed E-state index contributed by atoms with van der Waals surface area (Å²) in [6, 6.07) is 12.5.